The monoisotopic (exact) mass is 410 g/mol. The zero-order valence-electron chi connectivity index (χ0n) is 16.0. The van der Waals surface area contributed by atoms with Crippen molar-refractivity contribution in [1.29, 1.82) is 0 Å². The second kappa shape index (κ2) is 8.86. The highest BCUT2D eigenvalue weighted by Gasteiger charge is 2.16. The van der Waals surface area contributed by atoms with Crippen LogP contribution in [0.3, 0.4) is 0 Å². The van der Waals surface area contributed by atoms with Crippen molar-refractivity contribution in [3.05, 3.63) is 66.4 Å². The van der Waals surface area contributed by atoms with Crippen molar-refractivity contribution in [3.8, 4) is 0 Å². The Bertz CT molecular complexity index is 1140. The zero-order chi connectivity index (χ0) is 20.4. The molecule has 0 aliphatic heterocycles. The molecule has 2 N–H and O–H groups in total. The van der Waals surface area contributed by atoms with E-state index in [1.165, 1.54) is 18.2 Å². The second-order valence-corrected chi connectivity index (χ2v) is 7.08. The highest BCUT2D eigenvalue weighted by Crippen LogP contribution is 2.25. The average Bonchev–Trinajstić information content (AvgIpc) is 3.02. The van der Waals surface area contributed by atoms with Gasteiger partial charge in [-0.1, -0.05) is 33.4 Å². The summed E-state index contributed by atoms with van der Waals surface area (Å²) in [5.41, 5.74) is 2.22. The lowest BCUT2D eigenvalue weighted by atomic mass is 10.2. The number of fused-ring (bicyclic) bond motifs is 1. The Morgan fingerprint density at radius 3 is 2.40 bits per heavy atom. The molecule has 156 valence electrons. The lowest BCUT2D eigenvalue weighted by Gasteiger charge is -2.13. The molecule has 2 heterocycles. The summed E-state index contributed by atoms with van der Waals surface area (Å²) in [6.45, 7) is 4.80. The summed E-state index contributed by atoms with van der Waals surface area (Å²) in [5, 5.41) is 6.12. The van der Waals surface area contributed by atoms with Crippen molar-refractivity contribution >= 4 is 34.4 Å². The topological polar surface area (TPSA) is 67.7 Å². The van der Waals surface area contributed by atoms with Gasteiger partial charge >= 0.3 is 0 Å². The number of nitrogens with zero attached hydrogens (tertiary/aromatic N) is 4. The van der Waals surface area contributed by atoms with Crippen LogP contribution in [0, 0.1) is 17.6 Å². The SMILES string of the molecule is C.CC(C)Cn1c(Nc2ccccc2F)nc2cnc(Nc3ccc(F)cc3)nc21. The van der Waals surface area contributed by atoms with E-state index in [0.29, 0.717) is 46.9 Å². The van der Waals surface area contributed by atoms with Gasteiger partial charge in [0.05, 0.1) is 11.9 Å². The fourth-order valence-electron chi connectivity index (χ4n) is 2.96. The predicted octanol–water partition coefficient (Wildman–Crippen LogP) is 5.88. The van der Waals surface area contributed by atoms with E-state index in [9.17, 15) is 8.78 Å². The number of aromatic nitrogens is 4. The molecule has 0 atom stereocenters. The summed E-state index contributed by atoms with van der Waals surface area (Å²) < 4.78 is 29.1. The van der Waals surface area contributed by atoms with Gasteiger partial charge in [0.15, 0.2) is 5.65 Å². The molecule has 4 rings (SSSR count). The molecule has 30 heavy (non-hydrogen) atoms. The maximum Gasteiger partial charge on any atom is 0.229 e. The molecule has 2 aromatic carbocycles. The van der Waals surface area contributed by atoms with Crippen molar-refractivity contribution in [1.82, 2.24) is 19.5 Å². The van der Waals surface area contributed by atoms with Gasteiger partial charge in [-0.25, -0.2) is 18.7 Å². The molecule has 0 unspecified atom stereocenters. The summed E-state index contributed by atoms with van der Waals surface area (Å²) >= 11 is 0. The van der Waals surface area contributed by atoms with Gasteiger partial charge in [0.1, 0.15) is 17.2 Å². The van der Waals surface area contributed by atoms with Crippen LogP contribution >= 0.6 is 0 Å². The van der Waals surface area contributed by atoms with Crippen molar-refractivity contribution in [2.45, 2.75) is 27.8 Å². The van der Waals surface area contributed by atoms with E-state index in [-0.39, 0.29) is 19.1 Å². The maximum atomic E-state index is 14.1. The summed E-state index contributed by atoms with van der Waals surface area (Å²) in [4.78, 5) is 13.4. The molecule has 4 aromatic rings. The van der Waals surface area contributed by atoms with Gasteiger partial charge in [-0.05, 0) is 42.3 Å². The highest BCUT2D eigenvalue weighted by molar-refractivity contribution is 5.77. The minimum atomic E-state index is -0.361. The molecule has 0 amide bonds. The molecule has 8 heteroatoms. The first-order valence-corrected chi connectivity index (χ1v) is 9.27. The van der Waals surface area contributed by atoms with Crippen LogP contribution in [0.1, 0.15) is 21.3 Å². The Morgan fingerprint density at radius 1 is 0.967 bits per heavy atom. The number of anilines is 4. The Morgan fingerprint density at radius 2 is 1.70 bits per heavy atom. The lowest BCUT2D eigenvalue weighted by Crippen LogP contribution is -2.10. The molecule has 0 aliphatic rings. The van der Waals surface area contributed by atoms with E-state index in [1.54, 1.807) is 36.5 Å². The number of para-hydroxylation sites is 1. The van der Waals surface area contributed by atoms with E-state index in [2.05, 4.69) is 39.4 Å². The van der Waals surface area contributed by atoms with E-state index in [1.807, 2.05) is 4.57 Å². The smallest absolute Gasteiger partial charge is 0.229 e. The van der Waals surface area contributed by atoms with Gasteiger partial charge in [0.25, 0.3) is 0 Å². The average molecular weight is 410 g/mol. The van der Waals surface area contributed by atoms with Crippen LogP contribution in [0.15, 0.2) is 54.7 Å². The standard InChI is InChI=1S/C21H20F2N6.CH4/c1-13(2)12-29-19-18(27-21(29)26-17-6-4-3-5-16(17)23)11-24-20(28-19)25-15-9-7-14(22)8-10-15;/h3-11,13H,12H2,1-2H3,(H,26,27)(H,24,25,28);1H4. The first-order chi connectivity index (χ1) is 14.0. The first kappa shape index (κ1) is 21.2. The number of hydrogen-bond donors (Lipinski definition) is 2. The third-order valence-corrected chi connectivity index (χ3v) is 4.26. The number of halogens is 2. The fraction of sp³-hybridized carbons (Fsp3) is 0.227. The molecular weight excluding hydrogens is 386 g/mol. The van der Waals surface area contributed by atoms with Crippen LogP contribution < -0.4 is 10.6 Å². The maximum absolute atomic E-state index is 14.1. The van der Waals surface area contributed by atoms with Crippen LogP contribution in [-0.4, -0.2) is 19.5 Å². The number of nitrogens with one attached hydrogen (secondary N) is 2. The molecular formula is C22H24F2N6. The minimum Gasteiger partial charge on any atom is -0.324 e. The lowest BCUT2D eigenvalue weighted by molar-refractivity contribution is 0.534. The third kappa shape index (κ3) is 4.53. The predicted molar refractivity (Wildman–Crippen MR) is 116 cm³/mol. The fourth-order valence-corrected chi connectivity index (χ4v) is 2.96. The summed E-state index contributed by atoms with van der Waals surface area (Å²) in [6.07, 6.45) is 1.61. The van der Waals surface area contributed by atoms with E-state index >= 15 is 0 Å². The number of rotatable bonds is 6. The summed E-state index contributed by atoms with van der Waals surface area (Å²) in [7, 11) is 0. The highest BCUT2D eigenvalue weighted by atomic mass is 19.1. The van der Waals surface area contributed by atoms with E-state index < -0.39 is 0 Å². The van der Waals surface area contributed by atoms with Crippen LogP contribution in [0.5, 0.6) is 0 Å². The van der Waals surface area contributed by atoms with E-state index in [0.717, 1.165) is 0 Å². The van der Waals surface area contributed by atoms with E-state index in [4.69, 9.17) is 0 Å². The Kier molecular flexibility index (Phi) is 6.25. The Hall–Kier alpha value is -3.55. The molecule has 0 radical (unpaired) electrons. The molecule has 0 bridgehead atoms. The van der Waals surface area contributed by atoms with Crippen molar-refractivity contribution in [2.24, 2.45) is 5.92 Å². The summed E-state index contributed by atoms with van der Waals surface area (Å²) in [6, 6.07) is 12.4. The van der Waals surface area contributed by atoms with Crippen LogP contribution in [-0.2, 0) is 6.54 Å². The number of imidazole rings is 1. The first-order valence-electron chi connectivity index (χ1n) is 9.27. The zero-order valence-corrected chi connectivity index (χ0v) is 16.0. The Labute approximate surface area is 174 Å². The molecule has 0 fully saturated rings. The van der Waals surface area contributed by atoms with Gasteiger partial charge in [0.2, 0.25) is 11.9 Å². The van der Waals surface area contributed by atoms with Crippen LogP contribution in [0.25, 0.3) is 11.2 Å². The van der Waals surface area contributed by atoms with Gasteiger partial charge < -0.3 is 10.6 Å². The Balaban J connectivity index is 0.00000256. The second-order valence-electron chi connectivity index (χ2n) is 7.08. The van der Waals surface area contributed by atoms with Crippen molar-refractivity contribution < 1.29 is 8.78 Å². The minimum absolute atomic E-state index is 0. The molecule has 2 aromatic heterocycles. The van der Waals surface area contributed by atoms with Gasteiger partial charge in [-0.3, -0.25) is 4.57 Å². The molecule has 0 saturated carbocycles. The molecule has 0 aliphatic carbocycles. The van der Waals surface area contributed by atoms with Crippen LogP contribution in [0.4, 0.5) is 32.1 Å². The quantitative estimate of drug-likeness (QED) is 0.415. The summed E-state index contributed by atoms with van der Waals surface area (Å²) in [5.74, 6) is 0.502. The van der Waals surface area contributed by atoms with Crippen molar-refractivity contribution in [3.63, 3.8) is 0 Å². The van der Waals surface area contributed by atoms with Crippen molar-refractivity contribution in [2.75, 3.05) is 10.6 Å². The van der Waals surface area contributed by atoms with Gasteiger partial charge in [-0.15, -0.1) is 0 Å². The third-order valence-electron chi connectivity index (χ3n) is 4.26. The normalized spacial score (nSPS) is 10.8. The van der Waals surface area contributed by atoms with Crippen LogP contribution in [0.2, 0.25) is 0 Å². The van der Waals surface area contributed by atoms with Gasteiger partial charge in [-0.2, -0.15) is 4.98 Å². The van der Waals surface area contributed by atoms with Gasteiger partial charge in [0, 0.05) is 12.2 Å². The molecule has 6 nitrogen and oxygen atoms in total. The number of benzene rings is 2. The largest absolute Gasteiger partial charge is 0.324 e. The molecule has 0 spiro atoms. The molecule has 0 saturated heterocycles. The number of hydrogen-bond acceptors (Lipinski definition) is 5.